The van der Waals surface area contributed by atoms with Gasteiger partial charge in [0.25, 0.3) is 0 Å². The molecule has 2 aromatic carbocycles. The molecule has 1 amide bonds. The molecule has 0 unspecified atom stereocenters. The number of fused-ring (bicyclic) bond motifs is 1. The number of halogens is 1. The summed E-state index contributed by atoms with van der Waals surface area (Å²) in [5.41, 5.74) is 1.58. The van der Waals surface area contributed by atoms with Gasteiger partial charge in [0.05, 0.1) is 13.0 Å². The van der Waals surface area contributed by atoms with Crippen LogP contribution in [-0.4, -0.2) is 61.6 Å². The standard InChI is InChI=1S/C31H43FN2O3/c1-2-3-19-33-22-24-37-29-10-5-4-8-26(29)9-6-7-16-31(25-33)17-20-34(21-18-31)30(35)15-23-36-28-13-11-27(32)12-14-28/h4-5,8,10-14H,2-3,6-7,9,15-25H2,1H3. The van der Waals surface area contributed by atoms with Gasteiger partial charge in [-0.05, 0) is 86.4 Å². The van der Waals surface area contributed by atoms with Crippen molar-refractivity contribution in [1.29, 1.82) is 0 Å². The fourth-order valence-corrected chi connectivity index (χ4v) is 5.74. The normalized spacial score (nSPS) is 18.8. The molecule has 37 heavy (non-hydrogen) atoms. The monoisotopic (exact) mass is 510 g/mol. The lowest BCUT2D eigenvalue weighted by Crippen LogP contribution is -2.49. The van der Waals surface area contributed by atoms with Crippen LogP contribution in [0.2, 0.25) is 0 Å². The first kappa shape index (κ1) is 27.4. The van der Waals surface area contributed by atoms with Gasteiger partial charge in [0.15, 0.2) is 0 Å². The number of piperidine rings is 1. The second kappa shape index (κ2) is 13.8. The molecule has 0 aliphatic carbocycles. The van der Waals surface area contributed by atoms with Crippen LogP contribution in [0.15, 0.2) is 48.5 Å². The molecule has 2 aromatic rings. The third kappa shape index (κ3) is 8.19. The topological polar surface area (TPSA) is 42.0 Å². The lowest BCUT2D eigenvalue weighted by Gasteiger charge is -2.45. The van der Waals surface area contributed by atoms with Crippen molar-refractivity contribution in [1.82, 2.24) is 9.80 Å². The average Bonchev–Trinajstić information content (AvgIpc) is 2.91. The molecule has 2 heterocycles. The third-order valence-electron chi connectivity index (χ3n) is 8.00. The summed E-state index contributed by atoms with van der Waals surface area (Å²) in [6, 6.07) is 14.4. The zero-order valence-corrected chi connectivity index (χ0v) is 22.4. The number of rotatable bonds is 7. The van der Waals surface area contributed by atoms with E-state index in [1.54, 1.807) is 12.1 Å². The van der Waals surface area contributed by atoms with Crippen molar-refractivity contribution >= 4 is 5.91 Å². The molecule has 0 N–H and O–H groups in total. The number of carbonyl (C=O) groups excluding carboxylic acids is 1. The Bertz CT molecular complexity index is 973. The summed E-state index contributed by atoms with van der Waals surface area (Å²) < 4.78 is 25.0. The van der Waals surface area contributed by atoms with Gasteiger partial charge >= 0.3 is 0 Å². The number of amides is 1. The molecule has 5 nitrogen and oxygen atoms in total. The lowest BCUT2D eigenvalue weighted by molar-refractivity contribution is -0.134. The minimum Gasteiger partial charge on any atom is -0.493 e. The number of ether oxygens (including phenoxy) is 2. The number of para-hydroxylation sites is 1. The van der Waals surface area contributed by atoms with Gasteiger partial charge in [-0.1, -0.05) is 38.0 Å². The second-order valence-electron chi connectivity index (χ2n) is 10.7. The van der Waals surface area contributed by atoms with Crippen molar-refractivity contribution in [2.75, 3.05) is 45.9 Å². The van der Waals surface area contributed by atoms with Crippen molar-refractivity contribution < 1.29 is 18.7 Å². The van der Waals surface area contributed by atoms with E-state index in [2.05, 4.69) is 36.1 Å². The Morgan fingerprint density at radius 2 is 1.81 bits per heavy atom. The Morgan fingerprint density at radius 3 is 2.59 bits per heavy atom. The summed E-state index contributed by atoms with van der Waals surface area (Å²) >= 11 is 0. The maximum Gasteiger partial charge on any atom is 0.225 e. The van der Waals surface area contributed by atoms with Gasteiger partial charge in [-0.2, -0.15) is 0 Å². The fraction of sp³-hybridized carbons (Fsp3) is 0.581. The maximum absolute atomic E-state index is 13.1. The molecule has 4 rings (SSSR count). The maximum atomic E-state index is 13.1. The van der Waals surface area contributed by atoms with Crippen LogP contribution in [0.25, 0.3) is 0 Å². The molecular formula is C31H43FN2O3. The zero-order valence-electron chi connectivity index (χ0n) is 22.4. The summed E-state index contributed by atoms with van der Waals surface area (Å²) in [6.45, 7) is 8.06. The van der Waals surface area contributed by atoms with Gasteiger partial charge in [0, 0.05) is 26.2 Å². The molecule has 0 bridgehead atoms. The highest BCUT2D eigenvalue weighted by Crippen LogP contribution is 2.38. The van der Waals surface area contributed by atoms with Gasteiger partial charge in [-0.25, -0.2) is 4.39 Å². The molecule has 0 atom stereocenters. The predicted octanol–water partition coefficient (Wildman–Crippen LogP) is 6.11. The lowest BCUT2D eigenvalue weighted by atomic mass is 9.73. The van der Waals surface area contributed by atoms with E-state index in [1.807, 2.05) is 4.90 Å². The Kier molecular flexibility index (Phi) is 10.2. The highest BCUT2D eigenvalue weighted by atomic mass is 19.1. The molecule has 1 spiro atoms. The summed E-state index contributed by atoms with van der Waals surface area (Å²) in [5, 5.41) is 0. The Hall–Kier alpha value is -2.60. The summed E-state index contributed by atoms with van der Waals surface area (Å²) in [5.74, 6) is 1.50. The second-order valence-corrected chi connectivity index (χ2v) is 10.7. The number of hydrogen-bond donors (Lipinski definition) is 0. The van der Waals surface area contributed by atoms with Gasteiger partial charge in [0.2, 0.25) is 5.91 Å². The third-order valence-corrected chi connectivity index (χ3v) is 8.00. The van der Waals surface area contributed by atoms with Crippen LogP contribution < -0.4 is 9.47 Å². The first-order valence-electron chi connectivity index (χ1n) is 14.2. The number of aryl methyl sites for hydroxylation is 1. The molecule has 0 radical (unpaired) electrons. The van der Waals surface area contributed by atoms with Crippen LogP contribution >= 0.6 is 0 Å². The Morgan fingerprint density at radius 1 is 1.03 bits per heavy atom. The minimum atomic E-state index is -0.289. The van der Waals surface area contributed by atoms with Gasteiger partial charge in [-0.3, -0.25) is 9.69 Å². The highest BCUT2D eigenvalue weighted by molar-refractivity contribution is 5.76. The van der Waals surface area contributed by atoms with E-state index in [1.165, 1.54) is 49.8 Å². The fourth-order valence-electron chi connectivity index (χ4n) is 5.74. The van der Waals surface area contributed by atoms with Gasteiger partial charge in [-0.15, -0.1) is 0 Å². The van der Waals surface area contributed by atoms with E-state index < -0.39 is 0 Å². The van der Waals surface area contributed by atoms with Gasteiger partial charge < -0.3 is 14.4 Å². The van der Waals surface area contributed by atoms with Gasteiger partial charge in [0.1, 0.15) is 23.9 Å². The molecular weight excluding hydrogens is 467 g/mol. The van der Waals surface area contributed by atoms with Crippen LogP contribution in [0, 0.1) is 11.2 Å². The van der Waals surface area contributed by atoms with Crippen LogP contribution in [0.5, 0.6) is 11.5 Å². The van der Waals surface area contributed by atoms with Crippen LogP contribution in [0.3, 0.4) is 0 Å². The van der Waals surface area contributed by atoms with E-state index in [0.717, 1.165) is 64.3 Å². The summed E-state index contributed by atoms with van der Waals surface area (Å²) in [6.07, 6.45) is 9.49. The molecule has 1 saturated heterocycles. The molecule has 2 aliphatic heterocycles. The van der Waals surface area contributed by atoms with Crippen molar-refractivity contribution in [3.8, 4) is 11.5 Å². The largest absolute Gasteiger partial charge is 0.493 e. The van der Waals surface area contributed by atoms with E-state index >= 15 is 0 Å². The molecule has 202 valence electrons. The Labute approximate surface area is 221 Å². The van der Waals surface area contributed by atoms with Crippen LogP contribution in [0.4, 0.5) is 4.39 Å². The molecule has 1 fully saturated rings. The molecule has 0 saturated carbocycles. The molecule has 6 heteroatoms. The quantitative estimate of drug-likeness (QED) is 0.451. The number of likely N-dealkylation sites (tertiary alicyclic amines) is 1. The average molecular weight is 511 g/mol. The minimum absolute atomic E-state index is 0.151. The molecule has 2 aliphatic rings. The number of benzene rings is 2. The van der Waals surface area contributed by atoms with Crippen LogP contribution in [-0.2, 0) is 11.2 Å². The first-order valence-corrected chi connectivity index (χ1v) is 14.2. The summed E-state index contributed by atoms with van der Waals surface area (Å²) in [7, 11) is 0. The van der Waals surface area contributed by atoms with E-state index in [0.29, 0.717) is 18.8 Å². The number of carbonyl (C=O) groups is 1. The SMILES string of the molecule is CCCCN1CCOc2ccccc2CCCCC2(CCN(C(=O)CCOc3ccc(F)cc3)CC2)C1. The zero-order chi connectivity index (χ0) is 25.9. The van der Waals surface area contributed by atoms with Crippen molar-refractivity contribution in [2.24, 2.45) is 5.41 Å². The van der Waals surface area contributed by atoms with Crippen molar-refractivity contribution in [2.45, 2.75) is 64.7 Å². The Balaban J connectivity index is 1.33. The van der Waals surface area contributed by atoms with Crippen molar-refractivity contribution in [3.63, 3.8) is 0 Å². The number of unbranched alkanes of at least 4 members (excludes halogenated alkanes) is 1. The molecule has 0 aromatic heterocycles. The smallest absolute Gasteiger partial charge is 0.225 e. The highest BCUT2D eigenvalue weighted by Gasteiger charge is 2.37. The van der Waals surface area contributed by atoms with E-state index in [9.17, 15) is 9.18 Å². The van der Waals surface area contributed by atoms with Crippen LogP contribution in [0.1, 0.15) is 63.9 Å². The van der Waals surface area contributed by atoms with E-state index in [-0.39, 0.29) is 17.1 Å². The predicted molar refractivity (Wildman–Crippen MR) is 146 cm³/mol. The number of hydrogen-bond acceptors (Lipinski definition) is 4. The van der Waals surface area contributed by atoms with E-state index in [4.69, 9.17) is 9.47 Å². The number of nitrogens with zero attached hydrogens (tertiary/aromatic N) is 2. The van der Waals surface area contributed by atoms with Crippen molar-refractivity contribution in [3.05, 3.63) is 59.9 Å². The summed E-state index contributed by atoms with van der Waals surface area (Å²) in [4.78, 5) is 17.5. The first-order chi connectivity index (χ1) is 18.1.